The van der Waals surface area contributed by atoms with Crippen molar-refractivity contribution in [2.75, 3.05) is 13.2 Å². The number of aromatic amines is 1. The first kappa shape index (κ1) is 15.7. The number of aryl methyl sites for hydroxylation is 1. The first-order valence-corrected chi connectivity index (χ1v) is 7.97. The molecule has 1 aliphatic heterocycles. The lowest BCUT2D eigenvalue weighted by Gasteiger charge is -2.39. The van der Waals surface area contributed by atoms with E-state index in [0.29, 0.717) is 25.2 Å². The van der Waals surface area contributed by atoms with Crippen molar-refractivity contribution in [2.24, 2.45) is 0 Å². The molecule has 1 saturated heterocycles. The van der Waals surface area contributed by atoms with E-state index in [0.717, 1.165) is 16.5 Å². The van der Waals surface area contributed by atoms with Gasteiger partial charge in [-0.25, -0.2) is 0 Å². The highest BCUT2D eigenvalue weighted by molar-refractivity contribution is 5.83. The molecule has 1 aromatic heterocycles. The standard InChI is InChI=1S/C18H22N2O3/c1-11-6-15-7-14(4-5-16(15)19-18(11)22)8-17(21)20-12(2)9-23-10-13(20)3/h4-7,12-13H,8-10H2,1-3H3,(H,19,22). The van der Waals surface area contributed by atoms with Crippen molar-refractivity contribution in [1.82, 2.24) is 9.88 Å². The van der Waals surface area contributed by atoms with Crippen molar-refractivity contribution < 1.29 is 9.53 Å². The Bertz CT molecular complexity index is 786. The van der Waals surface area contributed by atoms with Crippen LogP contribution in [0, 0.1) is 6.92 Å². The lowest BCUT2D eigenvalue weighted by molar-refractivity contribution is -0.143. The van der Waals surface area contributed by atoms with Crippen LogP contribution in [0.4, 0.5) is 0 Å². The maximum atomic E-state index is 12.7. The third-order valence-electron chi connectivity index (χ3n) is 4.41. The molecule has 1 aliphatic rings. The summed E-state index contributed by atoms with van der Waals surface area (Å²) < 4.78 is 5.48. The summed E-state index contributed by atoms with van der Waals surface area (Å²) in [5.74, 6) is 0.119. The Kier molecular flexibility index (Phi) is 4.22. The molecule has 0 bridgehead atoms. The zero-order chi connectivity index (χ0) is 16.6. The molecular formula is C18H22N2O3. The van der Waals surface area contributed by atoms with Crippen LogP contribution < -0.4 is 5.56 Å². The summed E-state index contributed by atoms with van der Waals surface area (Å²) in [6.45, 7) is 7.00. The fraction of sp³-hybridized carbons (Fsp3) is 0.444. The number of hydrogen-bond acceptors (Lipinski definition) is 3. The van der Waals surface area contributed by atoms with Gasteiger partial charge in [0.05, 0.1) is 31.7 Å². The van der Waals surface area contributed by atoms with Crippen LogP contribution in [-0.4, -0.2) is 41.1 Å². The SMILES string of the molecule is Cc1cc2cc(CC(=O)N3C(C)COCC3C)ccc2[nH]c1=O. The Morgan fingerprint density at radius 3 is 2.65 bits per heavy atom. The molecule has 0 spiro atoms. The second kappa shape index (κ2) is 6.16. The van der Waals surface area contributed by atoms with E-state index in [2.05, 4.69) is 4.98 Å². The maximum absolute atomic E-state index is 12.7. The van der Waals surface area contributed by atoms with Crippen LogP contribution in [0.5, 0.6) is 0 Å². The Morgan fingerprint density at radius 1 is 1.26 bits per heavy atom. The summed E-state index contributed by atoms with van der Waals surface area (Å²) in [7, 11) is 0. The van der Waals surface area contributed by atoms with Crippen molar-refractivity contribution in [2.45, 2.75) is 39.3 Å². The number of ether oxygens (including phenoxy) is 1. The number of H-pyrrole nitrogens is 1. The number of pyridine rings is 1. The number of amides is 1. The quantitative estimate of drug-likeness (QED) is 0.922. The first-order valence-electron chi connectivity index (χ1n) is 7.97. The number of nitrogens with one attached hydrogen (secondary N) is 1. The number of hydrogen-bond donors (Lipinski definition) is 1. The number of carbonyl (C=O) groups is 1. The summed E-state index contributed by atoms with van der Waals surface area (Å²) in [5.41, 5.74) is 2.36. The number of fused-ring (bicyclic) bond motifs is 1. The third-order valence-corrected chi connectivity index (χ3v) is 4.41. The van der Waals surface area contributed by atoms with Gasteiger partial charge in [0.2, 0.25) is 5.91 Å². The van der Waals surface area contributed by atoms with Crippen LogP contribution >= 0.6 is 0 Å². The van der Waals surface area contributed by atoms with Crippen LogP contribution in [0.3, 0.4) is 0 Å². The van der Waals surface area contributed by atoms with Crippen LogP contribution in [0.1, 0.15) is 25.0 Å². The zero-order valence-corrected chi connectivity index (χ0v) is 13.8. The van der Waals surface area contributed by atoms with Crippen LogP contribution in [0.2, 0.25) is 0 Å². The summed E-state index contributed by atoms with van der Waals surface area (Å²) in [6.07, 6.45) is 0.364. The minimum atomic E-state index is -0.0720. The van der Waals surface area contributed by atoms with Crippen LogP contribution in [0.15, 0.2) is 29.1 Å². The predicted octanol–water partition coefficient (Wildman–Crippen LogP) is 2.01. The van der Waals surface area contributed by atoms with Gasteiger partial charge in [-0.2, -0.15) is 0 Å². The molecule has 1 amide bonds. The lowest BCUT2D eigenvalue weighted by atomic mass is 10.0. The average molecular weight is 314 g/mol. The minimum Gasteiger partial charge on any atom is -0.377 e. The van der Waals surface area contributed by atoms with E-state index in [1.54, 1.807) is 6.92 Å². The van der Waals surface area contributed by atoms with E-state index in [1.807, 2.05) is 43.0 Å². The van der Waals surface area contributed by atoms with Gasteiger partial charge in [-0.3, -0.25) is 9.59 Å². The number of morpholine rings is 1. The first-order chi connectivity index (χ1) is 11.0. The Balaban J connectivity index is 1.84. The van der Waals surface area contributed by atoms with Crippen molar-refractivity contribution in [1.29, 1.82) is 0 Å². The van der Waals surface area contributed by atoms with E-state index in [9.17, 15) is 9.59 Å². The maximum Gasteiger partial charge on any atom is 0.251 e. The number of carbonyl (C=O) groups excluding carboxylic acids is 1. The molecule has 2 unspecified atom stereocenters. The zero-order valence-electron chi connectivity index (χ0n) is 13.8. The molecule has 2 aromatic rings. The average Bonchev–Trinajstić information content (AvgIpc) is 2.48. The molecule has 0 saturated carbocycles. The van der Waals surface area contributed by atoms with E-state index in [-0.39, 0.29) is 23.6 Å². The molecule has 2 heterocycles. The molecule has 0 radical (unpaired) electrons. The number of nitrogens with zero attached hydrogens (tertiary/aromatic N) is 1. The topological polar surface area (TPSA) is 62.4 Å². The Morgan fingerprint density at radius 2 is 1.96 bits per heavy atom. The Hall–Kier alpha value is -2.14. The van der Waals surface area contributed by atoms with Gasteiger partial charge in [0.25, 0.3) is 5.56 Å². The van der Waals surface area contributed by atoms with Crippen LogP contribution in [0.25, 0.3) is 10.9 Å². The number of benzene rings is 1. The highest BCUT2D eigenvalue weighted by atomic mass is 16.5. The fourth-order valence-electron chi connectivity index (χ4n) is 3.24. The van der Waals surface area contributed by atoms with E-state index >= 15 is 0 Å². The van der Waals surface area contributed by atoms with Crippen molar-refractivity contribution in [3.05, 3.63) is 45.7 Å². The van der Waals surface area contributed by atoms with Gasteiger partial charge < -0.3 is 14.6 Å². The second-order valence-electron chi connectivity index (χ2n) is 6.42. The van der Waals surface area contributed by atoms with Gasteiger partial charge in [0.1, 0.15) is 0 Å². The van der Waals surface area contributed by atoms with Crippen LogP contribution in [-0.2, 0) is 16.0 Å². The van der Waals surface area contributed by atoms with E-state index in [1.165, 1.54) is 0 Å². The molecule has 1 aromatic carbocycles. The molecule has 1 N–H and O–H groups in total. The van der Waals surface area contributed by atoms with Gasteiger partial charge >= 0.3 is 0 Å². The van der Waals surface area contributed by atoms with Gasteiger partial charge in [-0.05, 0) is 49.9 Å². The normalized spacial score (nSPS) is 21.6. The monoisotopic (exact) mass is 314 g/mol. The van der Waals surface area contributed by atoms with Gasteiger partial charge in [-0.15, -0.1) is 0 Å². The molecule has 1 fully saturated rings. The van der Waals surface area contributed by atoms with Gasteiger partial charge in [-0.1, -0.05) is 6.07 Å². The summed E-state index contributed by atoms with van der Waals surface area (Å²) in [6, 6.07) is 7.82. The molecule has 3 rings (SSSR count). The van der Waals surface area contributed by atoms with Gasteiger partial charge in [0.15, 0.2) is 0 Å². The highest BCUT2D eigenvalue weighted by Gasteiger charge is 2.29. The predicted molar refractivity (Wildman–Crippen MR) is 89.6 cm³/mol. The minimum absolute atomic E-state index is 0.0720. The molecule has 23 heavy (non-hydrogen) atoms. The van der Waals surface area contributed by atoms with E-state index < -0.39 is 0 Å². The summed E-state index contributed by atoms with van der Waals surface area (Å²) in [4.78, 5) is 29.1. The molecule has 2 atom stereocenters. The molecule has 122 valence electrons. The largest absolute Gasteiger partial charge is 0.377 e. The second-order valence-corrected chi connectivity index (χ2v) is 6.42. The number of aromatic nitrogens is 1. The number of rotatable bonds is 2. The molecule has 0 aliphatic carbocycles. The Labute approximate surface area is 135 Å². The van der Waals surface area contributed by atoms with Crippen molar-refractivity contribution in [3.63, 3.8) is 0 Å². The lowest BCUT2D eigenvalue weighted by Crippen LogP contribution is -2.53. The van der Waals surface area contributed by atoms with Gasteiger partial charge in [0, 0.05) is 11.1 Å². The molecule has 5 heteroatoms. The molecular weight excluding hydrogens is 292 g/mol. The highest BCUT2D eigenvalue weighted by Crippen LogP contribution is 2.18. The summed E-state index contributed by atoms with van der Waals surface area (Å²) in [5, 5.41) is 0.954. The summed E-state index contributed by atoms with van der Waals surface area (Å²) >= 11 is 0. The third kappa shape index (κ3) is 3.15. The molecule has 5 nitrogen and oxygen atoms in total. The van der Waals surface area contributed by atoms with Crippen molar-refractivity contribution >= 4 is 16.8 Å². The smallest absolute Gasteiger partial charge is 0.251 e. The van der Waals surface area contributed by atoms with E-state index in [4.69, 9.17) is 4.74 Å². The fourth-order valence-corrected chi connectivity index (χ4v) is 3.24. The van der Waals surface area contributed by atoms with Crippen molar-refractivity contribution in [3.8, 4) is 0 Å².